The van der Waals surface area contributed by atoms with Gasteiger partial charge in [0.05, 0.1) is 18.8 Å². The van der Waals surface area contributed by atoms with Gasteiger partial charge in [0.2, 0.25) is 11.8 Å². The Bertz CT molecular complexity index is 807. The quantitative estimate of drug-likeness (QED) is 0.526. The van der Waals surface area contributed by atoms with Crippen LogP contribution in [0.25, 0.3) is 0 Å². The van der Waals surface area contributed by atoms with Crippen LogP contribution in [0.1, 0.15) is 37.3 Å². The van der Waals surface area contributed by atoms with Crippen molar-refractivity contribution in [2.75, 3.05) is 7.11 Å². The lowest BCUT2D eigenvalue weighted by atomic mass is 9.89. The summed E-state index contributed by atoms with van der Waals surface area (Å²) in [5, 5.41) is 2.51. The van der Waals surface area contributed by atoms with Crippen LogP contribution >= 0.6 is 0 Å². The molecule has 5 N–H and O–H groups in total. The van der Waals surface area contributed by atoms with Crippen molar-refractivity contribution in [1.29, 1.82) is 0 Å². The molecule has 164 valence electrons. The molecule has 2 atom stereocenters. The Morgan fingerprint density at radius 1 is 1.33 bits per heavy atom. The molecular formula is C20H26F3N5O2. The molecule has 2 unspecified atom stereocenters. The Morgan fingerprint density at radius 2 is 1.97 bits per heavy atom. The molecule has 1 aromatic rings. The molecule has 30 heavy (non-hydrogen) atoms. The van der Waals surface area contributed by atoms with Gasteiger partial charge in [-0.25, -0.2) is 4.98 Å². The first-order chi connectivity index (χ1) is 14.3. The number of methoxy groups -OCH3 is 1. The summed E-state index contributed by atoms with van der Waals surface area (Å²) in [6.45, 7) is 0. The smallest absolute Gasteiger partial charge is 0.415 e. The highest BCUT2D eigenvalue weighted by Crippen LogP contribution is 2.50. The molecule has 0 bridgehead atoms. The number of carbonyl (C=O) groups is 1. The Morgan fingerprint density at radius 3 is 2.47 bits per heavy atom. The molecule has 3 rings (SSSR count). The first-order valence-electron chi connectivity index (χ1n) is 9.83. The van der Waals surface area contributed by atoms with E-state index in [1.54, 1.807) is 0 Å². The fourth-order valence-corrected chi connectivity index (χ4v) is 3.73. The first kappa shape index (κ1) is 22.1. The minimum absolute atomic E-state index is 0.0575. The molecule has 10 heteroatoms. The summed E-state index contributed by atoms with van der Waals surface area (Å²) >= 11 is 0. The molecule has 0 saturated heterocycles. The summed E-state index contributed by atoms with van der Waals surface area (Å²) in [5.74, 6) is 0.348. The number of nitrogens with zero attached hydrogens (tertiary/aromatic N) is 2. The van der Waals surface area contributed by atoms with Gasteiger partial charge in [-0.2, -0.15) is 13.2 Å². The van der Waals surface area contributed by atoms with Gasteiger partial charge >= 0.3 is 6.18 Å². The number of rotatable bonds is 9. The van der Waals surface area contributed by atoms with E-state index in [-0.39, 0.29) is 23.1 Å². The highest BCUT2D eigenvalue weighted by atomic mass is 19.4. The summed E-state index contributed by atoms with van der Waals surface area (Å²) < 4.78 is 45.8. The van der Waals surface area contributed by atoms with Gasteiger partial charge in [-0.3, -0.25) is 9.79 Å². The molecule has 2 aliphatic carbocycles. The van der Waals surface area contributed by atoms with E-state index in [4.69, 9.17) is 16.2 Å². The van der Waals surface area contributed by atoms with Crippen LogP contribution in [0.15, 0.2) is 35.2 Å². The minimum atomic E-state index is -4.70. The number of hydrogen-bond acceptors (Lipinski definition) is 6. The van der Waals surface area contributed by atoms with Crippen LogP contribution in [0.3, 0.4) is 0 Å². The van der Waals surface area contributed by atoms with Crippen LogP contribution in [0.5, 0.6) is 5.88 Å². The van der Waals surface area contributed by atoms with Crippen molar-refractivity contribution in [3.8, 4) is 5.88 Å². The van der Waals surface area contributed by atoms with Crippen molar-refractivity contribution in [3.05, 3.63) is 35.8 Å². The molecule has 1 heterocycles. The van der Waals surface area contributed by atoms with Crippen molar-refractivity contribution >= 4 is 12.1 Å². The third-order valence-corrected chi connectivity index (χ3v) is 5.46. The van der Waals surface area contributed by atoms with Crippen molar-refractivity contribution in [2.45, 2.75) is 43.9 Å². The van der Waals surface area contributed by atoms with Gasteiger partial charge in [0.1, 0.15) is 0 Å². The van der Waals surface area contributed by atoms with Crippen molar-refractivity contribution in [1.82, 2.24) is 10.3 Å². The zero-order chi connectivity index (χ0) is 21.9. The second-order valence-electron chi connectivity index (χ2n) is 7.71. The molecule has 0 spiro atoms. The highest BCUT2D eigenvalue weighted by Gasteiger charge is 2.46. The zero-order valence-corrected chi connectivity index (χ0v) is 16.6. The van der Waals surface area contributed by atoms with Crippen molar-refractivity contribution in [2.24, 2.45) is 34.2 Å². The van der Waals surface area contributed by atoms with Crippen LogP contribution < -0.4 is 21.5 Å². The average Bonchev–Trinajstić information content (AvgIpc) is 3.61. The molecule has 0 aromatic carbocycles. The van der Waals surface area contributed by atoms with Crippen LogP contribution in [0, 0.1) is 17.8 Å². The largest absolute Gasteiger partial charge is 0.481 e. The summed E-state index contributed by atoms with van der Waals surface area (Å²) in [7, 11) is 1.23. The van der Waals surface area contributed by atoms with E-state index in [0.29, 0.717) is 11.8 Å². The Kier molecular flexibility index (Phi) is 6.64. The molecule has 2 saturated carbocycles. The van der Waals surface area contributed by atoms with Gasteiger partial charge in [-0.1, -0.05) is 0 Å². The van der Waals surface area contributed by atoms with Gasteiger partial charge in [-0.15, -0.1) is 0 Å². The number of pyridine rings is 1. The van der Waals surface area contributed by atoms with Crippen molar-refractivity contribution in [3.63, 3.8) is 0 Å². The molecule has 1 aromatic heterocycles. The lowest BCUT2D eigenvalue weighted by Gasteiger charge is -2.23. The van der Waals surface area contributed by atoms with Gasteiger partial charge < -0.3 is 21.5 Å². The van der Waals surface area contributed by atoms with Gasteiger partial charge in [0, 0.05) is 24.2 Å². The average molecular weight is 425 g/mol. The summed E-state index contributed by atoms with van der Waals surface area (Å²) in [6.07, 6.45) is 2.74. The Hall–Kier alpha value is -2.62. The molecule has 7 nitrogen and oxygen atoms in total. The normalized spacial score (nSPS) is 19.7. The number of alkyl halides is 3. The number of amides is 1. The van der Waals surface area contributed by atoms with Crippen LogP contribution in [0.4, 0.5) is 13.2 Å². The van der Waals surface area contributed by atoms with E-state index < -0.39 is 24.2 Å². The van der Waals surface area contributed by atoms with E-state index in [2.05, 4.69) is 15.3 Å². The number of halogens is 3. The predicted octanol–water partition coefficient (Wildman–Crippen LogP) is 2.44. The summed E-state index contributed by atoms with van der Waals surface area (Å²) in [5.41, 5.74) is 11.4. The van der Waals surface area contributed by atoms with E-state index in [1.807, 2.05) is 0 Å². The topological polar surface area (TPSA) is 116 Å². The summed E-state index contributed by atoms with van der Waals surface area (Å²) in [6, 6.07) is -0.363. The van der Waals surface area contributed by atoms with Crippen LogP contribution in [0.2, 0.25) is 0 Å². The second-order valence-corrected chi connectivity index (χ2v) is 7.71. The predicted molar refractivity (Wildman–Crippen MR) is 105 cm³/mol. The molecule has 0 radical (unpaired) electrons. The van der Waals surface area contributed by atoms with Crippen molar-refractivity contribution < 1.29 is 22.7 Å². The number of ether oxygens (including phenoxy) is 1. The maximum Gasteiger partial charge on any atom is 0.415 e. The molecule has 1 amide bonds. The fraction of sp³-hybridized carbons (Fsp3) is 0.550. The number of aromatic nitrogens is 1. The molecule has 2 fully saturated rings. The number of aliphatic imine (C=N–C) groups is 1. The summed E-state index contributed by atoms with van der Waals surface area (Å²) in [4.78, 5) is 20.0. The third-order valence-electron chi connectivity index (χ3n) is 5.46. The zero-order valence-electron chi connectivity index (χ0n) is 16.6. The van der Waals surface area contributed by atoms with Gasteiger partial charge in [-0.05, 0) is 55.6 Å². The molecular weight excluding hydrogens is 399 g/mol. The lowest BCUT2D eigenvalue weighted by molar-refractivity contribution is -0.148. The Labute approximate surface area is 172 Å². The number of nitrogens with one attached hydrogen (secondary N) is 1. The standard InChI is InChI=1S/C20H26F3N5O2/c1-30-19-14(3-2-8-26-19)17(20(21,22)23)27-10-13(9-24)28-18(29)16(25)15(11-4-5-11)12-6-7-12/h2-3,8-12,15-17H,4-7,24-25H2,1H3,(H,28,29)/b13-9+,27-10?. The van der Waals surface area contributed by atoms with Gasteiger partial charge in [0.25, 0.3) is 0 Å². The van der Waals surface area contributed by atoms with E-state index in [9.17, 15) is 18.0 Å². The number of allylic oxidation sites excluding steroid dienone is 1. The third kappa shape index (κ3) is 5.29. The first-order valence-corrected chi connectivity index (χ1v) is 9.83. The number of hydrogen-bond donors (Lipinski definition) is 3. The monoisotopic (exact) mass is 425 g/mol. The van der Waals surface area contributed by atoms with E-state index in [0.717, 1.165) is 38.1 Å². The van der Waals surface area contributed by atoms with Crippen LogP contribution in [-0.4, -0.2) is 36.4 Å². The van der Waals surface area contributed by atoms with E-state index in [1.165, 1.54) is 25.4 Å². The van der Waals surface area contributed by atoms with Crippen LogP contribution in [-0.2, 0) is 4.79 Å². The fourth-order valence-electron chi connectivity index (χ4n) is 3.73. The molecule has 0 aliphatic heterocycles. The number of carbonyl (C=O) groups excluding carboxylic acids is 1. The number of nitrogens with two attached hydrogens (primary N) is 2. The SMILES string of the molecule is COc1ncccc1C(N=C/C(=C\N)NC(=O)C(N)C(C1CC1)C1CC1)C(F)(F)F. The Balaban J connectivity index is 1.73. The molecule has 2 aliphatic rings. The highest BCUT2D eigenvalue weighted by molar-refractivity contribution is 5.90. The van der Waals surface area contributed by atoms with Gasteiger partial charge in [0.15, 0.2) is 6.04 Å². The second kappa shape index (κ2) is 9.03. The van der Waals surface area contributed by atoms with E-state index >= 15 is 0 Å². The maximum atomic E-state index is 13.6. The minimum Gasteiger partial charge on any atom is -0.481 e. The lowest BCUT2D eigenvalue weighted by Crippen LogP contribution is -2.47. The maximum absolute atomic E-state index is 13.6.